The number of benzene rings is 1. The molecule has 2 saturated heterocycles. The molecule has 2 fully saturated rings. The zero-order chi connectivity index (χ0) is 21.9. The standard InChI is InChI=1S/C23H38N4O2S/c1-23(2,3)17-9-11-21(12-10-17)30(28,29)14-13-25-22(24-4)26-18-15-19-7-6-8-20(16-18)27(19)5/h9-12,18-20H,6-8,13-16H2,1-5H3,(H2,24,25,26). The van der Waals surface area contributed by atoms with Crippen molar-refractivity contribution >= 4 is 15.8 Å². The molecule has 2 N–H and O–H groups in total. The molecule has 0 aliphatic carbocycles. The van der Waals surface area contributed by atoms with Gasteiger partial charge in [-0.1, -0.05) is 39.3 Å². The third kappa shape index (κ3) is 5.55. The average Bonchev–Trinajstić information content (AvgIpc) is 2.67. The van der Waals surface area contributed by atoms with Crippen LogP contribution in [0.4, 0.5) is 0 Å². The van der Waals surface area contributed by atoms with E-state index in [-0.39, 0.29) is 11.2 Å². The first-order valence-corrected chi connectivity index (χ1v) is 12.8. The highest BCUT2D eigenvalue weighted by atomic mass is 32.2. The Morgan fingerprint density at radius 3 is 2.27 bits per heavy atom. The molecule has 2 aliphatic heterocycles. The maximum Gasteiger partial charge on any atom is 0.191 e. The topological polar surface area (TPSA) is 73.8 Å². The third-order valence-corrected chi connectivity index (χ3v) is 8.38. The average molecular weight is 435 g/mol. The number of hydrogen-bond acceptors (Lipinski definition) is 4. The molecule has 6 nitrogen and oxygen atoms in total. The molecule has 2 bridgehead atoms. The smallest absolute Gasteiger partial charge is 0.191 e. The molecule has 30 heavy (non-hydrogen) atoms. The first-order chi connectivity index (χ1) is 14.1. The molecular weight excluding hydrogens is 396 g/mol. The van der Waals surface area contributed by atoms with E-state index in [2.05, 4.69) is 48.3 Å². The van der Waals surface area contributed by atoms with Gasteiger partial charge in [0.1, 0.15) is 0 Å². The van der Waals surface area contributed by atoms with E-state index in [4.69, 9.17) is 0 Å². The van der Waals surface area contributed by atoms with Gasteiger partial charge < -0.3 is 15.5 Å². The van der Waals surface area contributed by atoms with Gasteiger partial charge in [-0.15, -0.1) is 0 Å². The summed E-state index contributed by atoms with van der Waals surface area (Å²) >= 11 is 0. The van der Waals surface area contributed by atoms with Crippen LogP contribution >= 0.6 is 0 Å². The van der Waals surface area contributed by atoms with Crippen LogP contribution in [0.25, 0.3) is 0 Å². The predicted octanol–water partition coefficient (Wildman–Crippen LogP) is 2.94. The van der Waals surface area contributed by atoms with E-state index >= 15 is 0 Å². The van der Waals surface area contributed by atoms with E-state index in [1.165, 1.54) is 19.3 Å². The highest BCUT2D eigenvalue weighted by Gasteiger charge is 2.36. The zero-order valence-electron chi connectivity index (χ0n) is 19.1. The molecule has 0 spiro atoms. The fourth-order valence-electron chi connectivity index (χ4n) is 4.71. The number of hydrogen-bond donors (Lipinski definition) is 2. The number of rotatable bonds is 5. The molecule has 0 saturated carbocycles. The van der Waals surface area contributed by atoms with E-state index in [9.17, 15) is 8.42 Å². The van der Waals surface area contributed by atoms with E-state index in [0.717, 1.165) is 18.4 Å². The van der Waals surface area contributed by atoms with Crippen molar-refractivity contribution < 1.29 is 8.42 Å². The van der Waals surface area contributed by atoms with Crippen molar-refractivity contribution in [2.75, 3.05) is 26.4 Å². The minimum atomic E-state index is -3.33. The summed E-state index contributed by atoms with van der Waals surface area (Å²) in [6, 6.07) is 8.95. The zero-order valence-corrected chi connectivity index (χ0v) is 19.9. The second kappa shape index (κ2) is 9.27. The number of nitrogens with one attached hydrogen (secondary N) is 2. The Balaban J connectivity index is 1.51. The van der Waals surface area contributed by atoms with Crippen LogP contribution in [0.1, 0.15) is 58.4 Å². The minimum absolute atomic E-state index is 0.00836. The molecule has 2 aliphatic rings. The Kier molecular flexibility index (Phi) is 7.13. The Morgan fingerprint density at radius 2 is 1.73 bits per heavy atom. The number of nitrogens with zero attached hydrogens (tertiary/aromatic N) is 2. The van der Waals surface area contributed by atoms with Gasteiger partial charge in [-0.25, -0.2) is 8.42 Å². The van der Waals surface area contributed by atoms with Gasteiger partial charge >= 0.3 is 0 Å². The van der Waals surface area contributed by atoms with Gasteiger partial charge in [0, 0.05) is 31.7 Å². The summed E-state index contributed by atoms with van der Waals surface area (Å²) in [7, 11) is 0.657. The Bertz CT molecular complexity index is 829. The second-order valence-electron chi connectivity index (χ2n) is 9.81. The number of piperidine rings is 2. The van der Waals surface area contributed by atoms with E-state index in [1.807, 2.05) is 12.1 Å². The molecule has 2 atom stereocenters. The minimum Gasteiger partial charge on any atom is -0.355 e. The van der Waals surface area contributed by atoms with Crippen LogP contribution in [0.2, 0.25) is 0 Å². The van der Waals surface area contributed by atoms with Crippen molar-refractivity contribution in [3.8, 4) is 0 Å². The second-order valence-corrected chi connectivity index (χ2v) is 11.9. The number of fused-ring (bicyclic) bond motifs is 2. The predicted molar refractivity (Wildman–Crippen MR) is 124 cm³/mol. The van der Waals surface area contributed by atoms with Gasteiger partial charge in [0.15, 0.2) is 15.8 Å². The fourth-order valence-corrected chi connectivity index (χ4v) is 5.86. The summed E-state index contributed by atoms with van der Waals surface area (Å²) in [4.78, 5) is 7.23. The highest BCUT2D eigenvalue weighted by Crippen LogP contribution is 2.32. The number of aliphatic imine (C=N–C) groups is 1. The molecular formula is C23H38N4O2S. The van der Waals surface area contributed by atoms with Crippen LogP contribution in [0, 0.1) is 0 Å². The van der Waals surface area contributed by atoms with Gasteiger partial charge in [0.25, 0.3) is 0 Å². The Labute approximate surface area is 182 Å². The van der Waals surface area contributed by atoms with Crippen molar-refractivity contribution in [1.29, 1.82) is 0 Å². The summed E-state index contributed by atoms with van der Waals surface area (Å²) in [5, 5.41) is 6.72. The van der Waals surface area contributed by atoms with E-state index in [0.29, 0.717) is 35.5 Å². The third-order valence-electron chi connectivity index (χ3n) is 6.65. The summed E-state index contributed by atoms with van der Waals surface area (Å²) in [6.45, 7) is 6.70. The molecule has 7 heteroatoms. The van der Waals surface area contributed by atoms with Crippen LogP contribution in [-0.4, -0.2) is 63.8 Å². The van der Waals surface area contributed by atoms with Crippen molar-refractivity contribution in [1.82, 2.24) is 15.5 Å². The molecule has 1 aromatic rings. The first-order valence-electron chi connectivity index (χ1n) is 11.1. The summed E-state index contributed by atoms with van der Waals surface area (Å²) in [5.41, 5.74) is 1.14. The highest BCUT2D eigenvalue weighted by molar-refractivity contribution is 7.91. The quantitative estimate of drug-likeness (QED) is 0.551. The van der Waals surface area contributed by atoms with E-state index < -0.39 is 9.84 Å². The molecule has 0 radical (unpaired) electrons. The maximum absolute atomic E-state index is 12.7. The maximum atomic E-state index is 12.7. The Morgan fingerprint density at radius 1 is 1.13 bits per heavy atom. The van der Waals surface area contributed by atoms with E-state index in [1.54, 1.807) is 19.2 Å². The molecule has 1 aromatic carbocycles. The van der Waals surface area contributed by atoms with Crippen LogP contribution in [0.3, 0.4) is 0 Å². The summed E-state index contributed by atoms with van der Waals surface area (Å²) < 4.78 is 25.4. The van der Waals surface area contributed by atoms with Crippen LogP contribution in [-0.2, 0) is 15.3 Å². The van der Waals surface area contributed by atoms with Crippen molar-refractivity contribution in [3.63, 3.8) is 0 Å². The molecule has 2 unspecified atom stereocenters. The van der Waals surface area contributed by atoms with Gasteiger partial charge in [0.2, 0.25) is 0 Å². The van der Waals surface area contributed by atoms with Crippen LogP contribution < -0.4 is 10.6 Å². The molecule has 2 heterocycles. The van der Waals surface area contributed by atoms with Crippen molar-refractivity contribution in [2.45, 2.75) is 81.3 Å². The monoisotopic (exact) mass is 434 g/mol. The Hall–Kier alpha value is -1.60. The lowest BCUT2D eigenvalue weighted by Gasteiger charge is -2.47. The van der Waals surface area contributed by atoms with Crippen molar-refractivity contribution in [2.24, 2.45) is 4.99 Å². The van der Waals surface area contributed by atoms with Gasteiger partial charge in [-0.2, -0.15) is 0 Å². The molecule has 0 aromatic heterocycles. The van der Waals surface area contributed by atoms with Crippen molar-refractivity contribution in [3.05, 3.63) is 29.8 Å². The molecule has 3 rings (SSSR count). The number of guanidine groups is 1. The lowest BCUT2D eigenvalue weighted by atomic mass is 9.82. The largest absolute Gasteiger partial charge is 0.355 e. The van der Waals surface area contributed by atoms with Crippen LogP contribution in [0.5, 0.6) is 0 Å². The lowest BCUT2D eigenvalue weighted by Crippen LogP contribution is -2.56. The summed E-state index contributed by atoms with van der Waals surface area (Å²) in [6.07, 6.45) is 6.10. The lowest BCUT2D eigenvalue weighted by molar-refractivity contribution is 0.0526. The van der Waals surface area contributed by atoms with Gasteiger partial charge in [0.05, 0.1) is 10.6 Å². The van der Waals surface area contributed by atoms with Gasteiger partial charge in [-0.05, 0) is 55.8 Å². The summed E-state index contributed by atoms with van der Waals surface area (Å²) in [5.74, 6) is 0.738. The fraction of sp³-hybridized carbons (Fsp3) is 0.696. The normalized spacial score (nSPS) is 25.8. The van der Waals surface area contributed by atoms with Crippen LogP contribution in [0.15, 0.2) is 34.2 Å². The SMILES string of the molecule is CN=C(NCCS(=O)(=O)c1ccc(C(C)(C)C)cc1)NC1CC2CCCC(C1)N2C. The van der Waals surface area contributed by atoms with Gasteiger partial charge in [-0.3, -0.25) is 4.99 Å². The molecule has 0 amide bonds. The number of sulfone groups is 1. The first kappa shape index (κ1) is 23.1. The molecule has 168 valence electrons.